The second kappa shape index (κ2) is 5.39. The van der Waals surface area contributed by atoms with E-state index in [1.54, 1.807) is 0 Å². The van der Waals surface area contributed by atoms with Crippen LogP contribution in [0.3, 0.4) is 0 Å². The third-order valence-corrected chi connectivity index (χ3v) is 5.83. The molecule has 0 amide bonds. The molecule has 2 rings (SSSR count). The Bertz CT molecular complexity index is 301. The van der Waals surface area contributed by atoms with Crippen LogP contribution >= 0.6 is 0 Å². The smallest absolute Gasteiger partial charge is 0.0223 e. The third-order valence-electron chi connectivity index (χ3n) is 5.83. The predicted molar refractivity (Wildman–Crippen MR) is 80.5 cm³/mol. The maximum absolute atomic E-state index is 2.54. The van der Waals surface area contributed by atoms with Crippen LogP contribution in [0.4, 0.5) is 0 Å². The fraction of sp³-hybridized carbons (Fsp3) is 0.889. The van der Waals surface area contributed by atoms with E-state index in [9.17, 15) is 0 Å². The molecule has 104 valence electrons. The zero-order chi connectivity index (χ0) is 13.3. The highest BCUT2D eigenvalue weighted by Gasteiger charge is 2.49. The molecule has 0 aromatic heterocycles. The Morgan fingerprint density at radius 1 is 1.17 bits per heavy atom. The second-order valence-corrected chi connectivity index (χ2v) is 7.77. The minimum atomic E-state index is 0.697. The molecule has 0 N–H and O–H groups in total. The van der Waals surface area contributed by atoms with Crippen LogP contribution in [0.1, 0.15) is 66.7 Å². The maximum atomic E-state index is 2.54. The second-order valence-electron chi connectivity index (χ2n) is 7.77. The lowest BCUT2D eigenvalue weighted by Crippen LogP contribution is -2.11. The monoisotopic (exact) mass is 248 g/mol. The van der Waals surface area contributed by atoms with Gasteiger partial charge in [-0.15, -0.1) is 0 Å². The van der Waals surface area contributed by atoms with Gasteiger partial charge in [0.1, 0.15) is 0 Å². The Hall–Kier alpha value is -0.260. The van der Waals surface area contributed by atoms with Crippen LogP contribution in [0.5, 0.6) is 0 Å². The van der Waals surface area contributed by atoms with Gasteiger partial charge in [-0.3, -0.25) is 0 Å². The molecule has 0 heterocycles. The molecule has 0 aliphatic heterocycles. The summed E-state index contributed by atoms with van der Waals surface area (Å²) < 4.78 is 0. The average molecular weight is 248 g/mol. The summed E-state index contributed by atoms with van der Waals surface area (Å²) in [6.45, 7) is 12.0. The highest BCUT2D eigenvalue weighted by Crippen LogP contribution is 2.59. The van der Waals surface area contributed by atoms with Crippen molar-refractivity contribution in [2.45, 2.75) is 66.7 Å². The molecule has 0 saturated heterocycles. The van der Waals surface area contributed by atoms with Gasteiger partial charge in [-0.05, 0) is 60.7 Å². The number of allylic oxidation sites excluding steroid dienone is 2. The average Bonchev–Trinajstić information content (AvgIpc) is 2.74. The first-order valence-electron chi connectivity index (χ1n) is 8.13. The molecule has 0 heteroatoms. The van der Waals surface area contributed by atoms with Crippen molar-refractivity contribution in [1.29, 1.82) is 0 Å². The Labute approximate surface area is 114 Å². The van der Waals surface area contributed by atoms with Crippen molar-refractivity contribution >= 4 is 0 Å². The fourth-order valence-electron chi connectivity index (χ4n) is 3.93. The van der Waals surface area contributed by atoms with Gasteiger partial charge in [-0.2, -0.15) is 0 Å². The fourth-order valence-corrected chi connectivity index (χ4v) is 3.93. The SMILES string of the molecule is CCC1CC1(C)CC1C=CC(CC(C)C(C)C)C1. The maximum Gasteiger partial charge on any atom is -0.0223 e. The Kier molecular flexibility index (Phi) is 4.24. The van der Waals surface area contributed by atoms with Crippen LogP contribution < -0.4 is 0 Å². The molecule has 2 aliphatic carbocycles. The lowest BCUT2D eigenvalue weighted by molar-refractivity contribution is 0.313. The highest BCUT2D eigenvalue weighted by atomic mass is 14.5. The number of hydrogen-bond acceptors (Lipinski definition) is 0. The molecule has 1 fully saturated rings. The van der Waals surface area contributed by atoms with Crippen molar-refractivity contribution in [2.75, 3.05) is 0 Å². The molecule has 5 atom stereocenters. The van der Waals surface area contributed by atoms with E-state index in [-0.39, 0.29) is 0 Å². The van der Waals surface area contributed by atoms with E-state index in [0.717, 1.165) is 29.6 Å². The van der Waals surface area contributed by atoms with Crippen LogP contribution in [0.2, 0.25) is 0 Å². The zero-order valence-corrected chi connectivity index (χ0v) is 13.1. The van der Waals surface area contributed by atoms with Crippen LogP contribution in [0.25, 0.3) is 0 Å². The van der Waals surface area contributed by atoms with Crippen molar-refractivity contribution in [3.8, 4) is 0 Å². The van der Waals surface area contributed by atoms with Crippen molar-refractivity contribution in [1.82, 2.24) is 0 Å². The normalized spacial score (nSPS) is 40.4. The van der Waals surface area contributed by atoms with E-state index in [0.29, 0.717) is 5.41 Å². The molecule has 18 heavy (non-hydrogen) atoms. The lowest BCUT2D eigenvalue weighted by Gasteiger charge is -2.21. The molecule has 2 aliphatic rings. The van der Waals surface area contributed by atoms with E-state index < -0.39 is 0 Å². The molecule has 0 radical (unpaired) electrons. The van der Waals surface area contributed by atoms with E-state index in [2.05, 4.69) is 46.8 Å². The van der Waals surface area contributed by atoms with Gasteiger partial charge in [0.25, 0.3) is 0 Å². The van der Waals surface area contributed by atoms with Crippen molar-refractivity contribution in [3.63, 3.8) is 0 Å². The summed E-state index contributed by atoms with van der Waals surface area (Å²) >= 11 is 0. The highest BCUT2D eigenvalue weighted by molar-refractivity contribution is 5.07. The molecule has 0 aromatic rings. The topological polar surface area (TPSA) is 0 Å². The largest absolute Gasteiger partial charge is 0.0851 e. The quantitative estimate of drug-likeness (QED) is 0.530. The van der Waals surface area contributed by atoms with Crippen LogP contribution in [-0.4, -0.2) is 0 Å². The first kappa shape index (κ1) is 14.2. The van der Waals surface area contributed by atoms with E-state index in [4.69, 9.17) is 0 Å². The molecule has 0 aromatic carbocycles. The third kappa shape index (κ3) is 3.19. The van der Waals surface area contributed by atoms with Crippen LogP contribution in [0, 0.1) is 35.0 Å². The molecular weight excluding hydrogens is 216 g/mol. The van der Waals surface area contributed by atoms with Gasteiger partial charge < -0.3 is 0 Å². The van der Waals surface area contributed by atoms with Crippen molar-refractivity contribution in [3.05, 3.63) is 12.2 Å². The van der Waals surface area contributed by atoms with Crippen molar-refractivity contribution < 1.29 is 0 Å². The summed E-state index contributed by atoms with van der Waals surface area (Å²) in [5, 5.41) is 0. The number of rotatable bonds is 6. The first-order chi connectivity index (χ1) is 8.44. The van der Waals surface area contributed by atoms with Gasteiger partial charge in [0.2, 0.25) is 0 Å². The first-order valence-corrected chi connectivity index (χ1v) is 8.13. The van der Waals surface area contributed by atoms with Gasteiger partial charge in [0.15, 0.2) is 0 Å². The minimum Gasteiger partial charge on any atom is -0.0851 e. The van der Waals surface area contributed by atoms with Gasteiger partial charge in [-0.1, -0.05) is 53.2 Å². The van der Waals surface area contributed by atoms with E-state index in [1.165, 1.54) is 32.1 Å². The molecular formula is C18H32. The Morgan fingerprint density at radius 3 is 2.39 bits per heavy atom. The molecule has 0 spiro atoms. The van der Waals surface area contributed by atoms with Crippen LogP contribution in [-0.2, 0) is 0 Å². The predicted octanol–water partition coefficient (Wildman–Crippen LogP) is 5.69. The summed E-state index contributed by atoms with van der Waals surface area (Å²) in [4.78, 5) is 0. The van der Waals surface area contributed by atoms with Gasteiger partial charge >= 0.3 is 0 Å². The zero-order valence-electron chi connectivity index (χ0n) is 13.1. The molecule has 0 bridgehead atoms. The Balaban J connectivity index is 1.75. The molecule has 1 saturated carbocycles. The van der Waals surface area contributed by atoms with Crippen LogP contribution in [0.15, 0.2) is 12.2 Å². The van der Waals surface area contributed by atoms with E-state index >= 15 is 0 Å². The summed E-state index contributed by atoms with van der Waals surface area (Å²) in [6.07, 6.45) is 12.2. The lowest BCUT2D eigenvalue weighted by atomic mass is 9.84. The van der Waals surface area contributed by atoms with Gasteiger partial charge in [0.05, 0.1) is 0 Å². The summed E-state index contributed by atoms with van der Waals surface area (Å²) in [5.41, 5.74) is 0.697. The summed E-state index contributed by atoms with van der Waals surface area (Å²) in [7, 11) is 0. The van der Waals surface area contributed by atoms with Gasteiger partial charge in [0, 0.05) is 0 Å². The Morgan fingerprint density at radius 2 is 1.83 bits per heavy atom. The standard InChI is InChI=1S/C18H32/c1-6-17-12-18(17,5)11-16-8-7-15(10-16)9-14(4)13(2)3/h7-8,13-17H,6,9-12H2,1-5H3. The summed E-state index contributed by atoms with van der Waals surface area (Å²) in [5.74, 6) is 4.49. The number of hydrogen-bond donors (Lipinski definition) is 0. The molecule has 5 unspecified atom stereocenters. The van der Waals surface area contributed by atoms with Crippen molar-refractivity contribution in [2.24, 2.45) is 35.0 Å². The van der Waals surface area contributed by atoms with E-state index in [1.807, 2.05) is 0 Å². The summed E-state index contributed by atoms with van der Waals surface area (Å²) in [6, 6.07) is 0. The minimum absolute atomic E-state index is 0.697. The molecule has 0 nitrogen and oxygen atoms in total. The van der Waals surface area contributed by atoms with Gasteiger partial charge in [-0.25, -0.2) is 0 Å².